The van der Waals surface area contributed by atoms with Crippen LogP contribution < -0.4 is 0 Å². The number of rotatable bonds is 1. The van der Waals surface area contributed by atoms with Crippen molar-refractivity contribution in [3.63, 3.8) is 0 Å². The van der Waals surface area contributed by atoms with Crippen molar-refractivity contribution < 1.29 is 0 Å². The van der Waals surface area contributed by atoms with Crippen molar-refractivity contribution in [2.45, 2.75) is 50.1 Å². The molecule has 21 heavy (non-hydrogen) atoms. The number of hydrogen-bond acceptors (Lipinski definition) is 2. The van der Waals surface area contributed by atoms with Gasteiger partial charge in [-0.2, -0.15) is 10.2 Å². The van der Waals surface area contributed by atoms with Gasteiger partial charge in [0.15, 0.2) is 0 Å². The van der Waals surface area contributed by atoms with Crippen LogP contribution in [0, 0.1) is 17.3 Å². The van der Waals surface area contributed by atoms with Gasteiger partial charge in [0.1, 0.15) is 5.54 Å². The number of azo groups is 1. The molecule has 2 fully saturated rings. The van der Waals surface area contributed by atoms with E-state index in [1.165, 1.54) is 37.7 Å². The van der Waals surface area contributed by atoms with Crippen LogP contribution in [-0.4, -0.2) is 5.54 Å². The zero-order valence-corrected chi connectivity index (χ0v) is 12.6. The molecule has 1 aromatic carbocycles. The molecule has 0 saturated heterocycles. The van der Waals surface area contributed by atoms with Crippen LogP contribution in [0.1, 0.15) is 44.6 Å². The molecule has 0 N–H and O–H groups in total. The van der Waals surface area contributed by atoms with Gasteiger partial charge in [-0.25, -0.2) is 0 Å². The van der Waals surface area contributed by atoms with E-state index in [1.54, 1.807) is 0 Å². The second-order valence-electron chi connectivity index (χ2n) is 7.57. The van der Waals surface area contributed by atoms with Gasteiger partial charge in [0.2, 0.25) is 0 Å². The molecule has 1 spiro atoms. The summed E-state index contributed by atoms with van der Waals surface area (Å²) in [4.78, 5) is 0. The molecule has 1 aliphatic heterocycles. The highest BCUT2D eigenvalue weighted by Crippen LogP contribution is 2.77. The Morgan fingerprint density at radius 1 is 1.05 bits per heavy atom. The fourth-order valence-corrected chi connectivity index (χ4v) is 6.34. The number of benzene rings is 1. The van der Waals surface area contributed by atoms with Gasteiger partial charge < -0.3 is 0 Å². The molecule has 1 heterocycles. The third-order valence-corrected chi connectivity index (χ3v) is 7.14. The van der Waals surface area contributed by atoms with Gasteiger partial charge >= 0.3 is 0 Å². The number of hydrogen-bond donors (Lipinski definition) is 0. The molecule has 4 unspecified atom stereocenters. The van der Waals surface area contributed by atoms with E-state index in [-0.39, 0.29) is 16.5 Å². The molecular formula is C19H22N2. The van der Waals surface area contributed by atoms with Crippen LogP contribution in [0.4, 0.5) is 0 Å². The number of nitrogens with zero attached hydrogens (tertiary/aromatic N) is 2. The molecule has 0 aromatic heterocycles. The zero-order chi connectivity index (χ0) is 14.1. The molecule has 108 valence electrons. The Morgan fingerprint density at radius 2 is 1.81 bits per heavy atom. The first-order chi connectivity index (χ1) is 10.2. The Kier molecular flexibility index (Phi) is 2.11. The molecule has 0 amide bonds. The average molecular weight is 278 g/mol. The zero-order valence-electron chi connectivity index (χ0n) is 12.6. The molecule has 2 saturated carbocycles. The van der Waals surface area contributed by atoms with E-state index in [2.05, 4.69) is 49.4 Å². The Hall–Kier alpha value is -1.44. The fraction of sp³-hybridized carbons (Fsp3) is 0.579. The molecule has 2 heteroatoms. The summed E-state index contributed by atoms with van der Waals surface area (Å²) in [7, 11) is 0. The highest BCUT2D eigenvalue weighted by Gasteiger charge is 2.78. The topological polar surface area (TPSA) is 24.7 Å². The Balaban J connectivity index is 1.81. The molecular weight excluding hydrogens is 256 g/mol. The first kappa shape index (κ1) is 12.1. The van der Waals surface area contributed by atoms with E-state index in [9.17, 15) is 0 Å². The summed E-state index contributed by atoms with van der Waals surface area (Å²) >= 11 is 0. The predicted octanol–water partition coefficient (Wildman–Crippen LogP) is 4.87. The summed E-state index contributed by atoms with van der Waals surface area (Å²) in [5, 5.41) is 9.98. The first-order valence-electron chi connectivity index (χ1n) is 8.41. The van der Waals surface area contributed by atoms with Gasteiger partial charge in [-0.1, -0.05) is 55.3 Å². The highest BCUT2D eigenvalue weighted by atomic mass is 15.3. The molecule has 2 nitrogen and oxygen atoms in total. The van der Waals surface area contributed by atoms with E-state index in [0.29, 0.717) is 11.8 Å². The van der Waals surface area contributed by atoms with E-state index < -0.39 is 0 Å². The second kappa shape index (κ2) is 3.66. The van der Waals surface area contributed by atoms with Crippen LogP contribution >= 0.6 is 0 Å². The van der Waals surface area contributed by atoms with E-state index >= 15 is 0 Å². The van der Waals surface area contributed by atoms with Gasteiger partial charge in [0.25, 0.3) is 0 Å². The minimum atomic E-state index is -0.0618. The monoisotopic (exact) mass is 278 g/mol. The fourth-order valence-electron chi connectivity index (χ4n) is 6.34. The third kappa shape index (κ3) is 1.08. The molecule has 4 atom stereocenters. The molecule has 4 aliphatic rings. The van der Waals surface area contributed by atoms with Gasteiger partial charge in [-0.3, -0.25) is 0 Å². The van der Waals surface area contributed by atoms with Crippen molar-refractivity contribution in [3.8, 4) is 0 Å². The van der Waals surface area contributed by atoms with Crippen LogP contribution in [0.25, 0.3) is 0 Å². The lowest BCUT2D eigenvalue weighted by Gasteiger charge is -2.43. The molecule has 5 rings (SSSR count). The smallest absolute Gasteiger partial charge is 0.118 e. The van der Waals surface area contributed by atoms with Crippen LogP contribution in [-0.2, 0) is 5.54 Å². The van der Waals surface area contributed by atoms with Crippen LogP contribution in [0.2, 0.25) is 0 Å². The maximum atomic E-state index is 5.04. The van der Waals surface area contributed by atoms with Crippen molar-refractivity contribution >= 4 is 0 Å². The summed E-state index contributed by atoms with van der Waals surface area (Å²) in [5.41, 5.74) is 1.64. The van der Waals surface area contributed by atoms with Crippen LogP contribution in [0.15, 0.2) is 52.7 Å². The SMILES string of the molecule is CC12N=NC(c3ccccc3)(C3CC=CC31)C21CCCC1. The van der Waals surface area contributed by atoms with Gasteiger partial charge in [-0.15, -0.1) is 0 Å². The Labute approximate surface area is 126 Å². The van der Waals surface area contributed by atoms with Crippen molar-refractivity contribution in [2.75, 3.05) is 0 Å². The maximum absolute atomic E-state index is 5.04. The van der Waals surface area contributed by atoms with Gasteiger partial charge in [0.05, 0.1) is 5.54 Å². The first-order valence-corrected chi connectivity index (χ1v) is 8.41. The minimum absolute atomic E-state index is 0.0248. The van der Waals surface area contributed by atoms with Crippen molar-refractivity contribution in [2.24, 2.45) is 27.5 Å². The molecule has 0 radical (unpaired) electrons. The third-order valence-electron chi connectivity index (χ3n) is 7.14. The lowest BCUT2D eigenvalue weighted by atomic mass is 9.60. The maximum Gasteiger partial charge on any atom is 0.118 e. The Bertz CT molecular complexity index is 641. The Morgan fingerprint density at radius 3 is 2.57 bits per heavy atom. The van der Waals surface area contributed by atoms with Gasteiger partial charge in [-0.05, 0) is 31.7 Å². The predicted molar refractivity (Wildman–Crippen MR) is 83.0 cm³/mol. The molecule has 1 aromatic rings. The average Bonchev–Trinajstić information content (AvgIpc) is 3.26. The largest absolute Gasteiger partial charge is 0.185 e. The normalized spacial score (nSPS) is 44.8. The van der Waals surface area contributed by atoms with Crippen molar-refractivity contribution in [1.82, 2.24) is 0 Å². The summed E-state index contributed by atoms with van der Waals surface area (Å²) in [6.07, 6.45) is 11.3. The minimum Gasteiger partial charge on any atom is -0.185 e. The second-order valence-corrected chi connectivity index (χ2v) is 7.57. The summed E-state index contributed by atoms with van der Waals surface area (Å²) in [6.45, 7) is 2.40. The molecule has 3 aliphatic carbocycles. The quantitative estimate of drug-likeness (QED) is 0.655. The van der Waals surface area contributed by atoms with E-state index in [1.807, 2.05) is 0 Å². The standard InChI is InChI=1S/C19H22N2/c1-17-15-10-7-11-16(15)19(21-20-17,14-8-3-2-4-9-14)18(17)12-5-6-13-18/h2-4,7-10,15-16H,5-6,11-13H2,1H3. The number of allylic oxidation sites excluding steroid dienone is 1. The van der Waals surface area contributed by atoms with E-state index in [4.69, 9.17) is 10.2 Å². The highest BCUT2D eigenvalue weighted by molar-refractivity contribution is 5.43. The summed E-state index contributed by atoms with van der Waals surface area (Å²) < 4.78 is 0. The van der Waals surface area contributed by atoms with Crippen molar-refractivity contribution in [1.29, 1.82) is 0 Å². The lowest BCUT2D eigenvalue weighted by Crippen LogP contribution is -2.46. The summed E-state index contributed by atoms with van der Waals surface area (Å²) in [5.74, 6) is 1.22. The molecule has 2 bridgehead atoms. The van der Waals surface area contributed by atoms with Crippen LogP contribution in [0.3, 0.4) is 0 Å². The summed E-state index contributed by atoms with van der Waals surface area (Å²) in [6, 6.07) is 11.1. The number of fused-ring (bicyclic) bond motifs is 3. The van der Waals surface area contributed by atoms with Crippen LogP contribution in [0.5, 0.6) is 0 Å². The van der Waals surface area contributed by atoms with Crippen molar-refractivity contribution in [3.05, 3.63) is 48.0 Å². The van der Waals surface area contributed by atoms with Gasteiger partial charge in [0, 0.05) is 17.3 Å². The van der Waals surface area contributed by atoms with E-state index in [0.717, 1.165) is 0 Å². The lowest BCUT2D eigenvalue weighted by molar-refractivity contribution is 0.118.